The first kappa shape index (κ1) is 21.4. The third-order valence-electron chi connectivity index (χ3n) is 6.16. The van der Waals surface area contributed by atoms with Crippen LogP contribution in [0.15, 0.2) is 48.7 Å². The number of aromatic nitrogens is 5. The lowest BCUT2D eigenvalue weighted by molar-refractivity contribution is 0.102. The molecule has 0 bridgehead atoms. The molecule has 0 radical (unpaired) electrons. The van der Waals surface area contributed by atoms with Crippen molar-refractivity contribution in [2.75, 3.05) is 5.32 Å². The van der Waals surface area contributed by atoms with Crippen LogP contribution in [-0.4, -0.2) is 30.5 Å². The molecule has 4 aromatic rings. The highest BCUT2D eigenvalue weighted by Crippen LogP contribution is 2.27. The minimum atomic E-state index is -0.207. The highest BCUT2D eigenvalue weighted by Gasteiger charge is 2.19. The zero-order valence-corrected chi connectivity index (χ0v) is 19.4. The van der Waals surface area contributed by atoms with Gasteiger partial charge in [-0.2, -0.15) is 5.10 Å². The van der Waals surface area contributed by atoms with Gasteiger partial charge in [-0.3, -0.25) is 4.79 Å². The molecule has 1 aliphatic heterocycles. The van der Waals surface area contributed by atoms with Crippen molar-refractivity contribution in [3.05, 3.63) is 76.3 Å². The zero-order chi connectivity index (χ0) is 22.9. The summed E-state index contributed by atoms with van der Waals surface area (Å²) in [5.41, 5.74) is 4.73. The van der Waals surface area contributed by atoms with E-state index < -0.39 is 0 Å². The van der Waals surface area contributed by atoms with E-state index in [9.17, 15) is 4.79 Å². The maximum absolute atomic E-state index is 13.2. The molecule has 3 heterocycles. The summed E-state index contributed by atoms with van der Waals surface area (Å²) in [7, 11) is 0. The lowest BCUT2D eigenvalue weighted by atomic mass is 10.1. The molecule has 33 heavy (non-hydrogen) atoms. The fraction of sp³-hybridized carbons (Fsp3) is 0.280. The van der Waals surface area contributed by atoms with Crippen LogP contribution in [0.25, 0.3) is 17.1 Å². The molecule has 2 aromatic heterocycles. The van der Waals surface area contributed by atoms with Gasteiger partial charge in [-0.1, -0.05) is 36.2 Å². The Morgan fingerprint density at radius 1 is 1.06 bits per heavy atom. The summed E-state index contributed by atoms with van der Waals surface area (Å²) in [6, 6.07) is 13.4. The van der Waals surface area contributed by atoms with Crippen LogP contribution in [0, 0.1) is 13.8 Å². The summed E-state index contributed by atoms with van der Waals surface area (Å²) in [6.07, 6.45) is 6.03. The number of aryl methyl sites for hydroxylation is 2. The number of hydrogen-bond acceptors (Lipinski definition) is 4. The molecule has 1 amide bonds. The van der Waals surface area contributed by atoms with Crippen molar-refractivity contribution in [2.24, 2.45) is 0 Å². The molecule has 0 aliphatic carbocycles. The topological polar surface area (TPSA) is 77.6 Å². The Kier molecular flexibility index (Phi) is 5.72. The Labute approximate surface area is 197 Å². The lowest BCUT2D eigenvalue weighted by Gasteiger charge is -2.12. The summed E-state index contributed by atoms with van der Waals surface area (Å²) in [5.74, 6) is 1.69. The zero-order valence-electron chi connectivity index (χ0n) is 18.7. The number of fused-ring (bicyclic) bond motifs is 1. The van der Waals surface area contributed by atoms with Crippen LogP contribution in [0.4, 0.5) is 5.69 Å². The third kappa shape index (κ3) is 4.16. The largest absolute Gasteiger partial charge is 0.322 e. The number of carbonyl (C=O) groups is 1. The van der Waals surface area contributed by atoms with E-state index >= 15 is 0 Å². The molecule has 168 valence electrons. The second-order valence-corrected chi connectivity index (χ2v) is 8.86. The number of carbonyl (C=O) groups excluding carboxylic acids is 1. The van der Waals surface area contributed by atoms with Crippen LogP contribution < -0.4 is 5.32 Å². The highest BCUT2D eigenvalue weighted by atomic mass is 35.5. The van der Waals surface area contributed by atoms with Crippen LogP contribution in [0.3, 0.4) is 0 Å². The van der Waals surface area contributed by atoms with Crippen LogP contribution in [0.5, 0.6) is 0 Å². The Bertz CT molecular complexity index is 1340. The van der Waals surface area contributed by atoms with Crippen LogP contribution in [-0.2, 0) is 13.0 Å². The van der Waals surface area contributed by atoms with Crippen LogP contribution >= 0.6 is 11.6 Å². The van der Waals surface area contributed by atoms with Gasteiger partial charge in [-0.15, -0.1) is 10.2 Å². The number of halogens is 1. The summed E-state index contributed by atoms with van der Waals surface area (Å²) >= 11 is 6.12. The van der Waals surface area contributed by atoms with Crippen molar-refractivity contribution < 1.29 is 4.79 Å². The number of amides is 1. The predicted molar refractivity (Wildman–Crippen MR) is 129 cm³/mol. The van der Waals surface area contributed by atoms with E-state index in [4.69, 9.17) is 11.6 Å². The fourth-order valence-electron chi connectivity index (χ4n) is 4.28. The van der Waals surface area contributed by atoms with Gasteiger partial charge in [-0.25, -0.2) is 4.68 Å². The first-order valence-electron chi connectivity index (χ1n) is 11.2. The molecule has 0 spiro atoms. The average molecular weight is 461 g/mol. The molecule has 5 rings (SSSR count). The Hall–Kier alpha value is -3.45. The number of nitrogens with zero attached hydrogens (tertiary/aromatic N) is 5. The summed E-state index contributed by atoms with van der Waals surface area (Å²) in [4.78, 5) is 13.2. The van der Waals surface area contributed by atoms with E-state index in [2.05, 4.69) is 25.2 Å². The van der Waals surface area contributed by atoms with E-state index in [1.807, 2.05) is 56.3 Å². The number of benzene rings is 2. The van der Waals surface area contributed by atoms with Gasteiger partial charge in [0.15, 0.2) is 5.82 Å². The number of hydrogen-bond donors (Lipinski definition) is 1. The Morgan fingerprint density at radius 2 is 1.94 bits per heavy atom. The number of nitrogens with one attached hydrogen (secondary N) is 1. The van der Waals surface area contributed by atoms with Gasteiger partial charge >= 0.3 is 0 Å². The van der Waals surface area contributed by atoms with Crippen LogP contribution in [0.1, 0.15) is 46.7 Å². The van der Waals surface area contributed by atoms with E-state index in [1.54, 1.807) is 10.9 Å². The first-order valence-corrected chi connectivity index (χ1v) is 11.5. The molecule has 0 saturated heterocycles. The number of anilines is 1. The van der Waals surface area contributed by atoms with E-state index in [-0.39, 0.29) is 5.91 Å². The van der Waals surface area contributed by atoms with Crippen molar-refractivity contribution in [1.82, 2.24) is 24.5 Å². The summed E-state index contributed by atoms with van der Waals surface area (Å²) in [6.45, 7) is 4.78. The van der Waals surface area contributed by atoms with Crippen molar-refractivity contribution in [2.45, 2.75) is 46.1 Å². The van der Waals surface area contributed by atoms with E-state index in [0.29, 0.717) is 10.6 Å². The smallest absolute Gasteiger partial charge is 0.259 e. The summed E-state index contributed by atoms with van der Waals surface area (Å²) in [5, 5.41) is 16.9. The molecule has 0 saturated carbocycles. The molecule has 7 nitrogen and oxygen atoms in total. The molecule has 0 atom stereocenters. The molecule has 0 unspecified atom stereocenters. The molecule has 0 fully saturated rings. The predicted octanol–water partition coefficient (Wildman–Crippen LogP) is 5.38. The maximum Gasteiger partial charge on any atom is 0.259 e. The lowest BCUT2D eigenvalue weighted by Crippen LogP contribution is -2.14. The van der Waals surface area contributed by atoms with E-state index in [0.717, 1.165) is 65.7 Å². The third-order valence-corrected chi connectivity index (χ3v) is 6.40. The Balaban J connectivity index is 1.43. The molecule has 1 N–H and O–H groups in total. The van der Waals surface area contributed by atoms with E-state index in [1.165, 1.54) is 6.42 Å². The first-order chi connectivity index (χ1) is 16.0. The average Bonchev–Trinajstić information content (AvgIpc) is 3.30. The van der Waals surface area contributed by atoms with Crippen molar-refractivity contribution in [3.63, 3.8) is 0 Å². The van der Waals surface area contributed by atoms with Gasteiger partial charge in [0.2, 0.25) is 0 Å². The molecular weight excluding hydrogens is 436 g/mol. The standard InChI is InChI=1S/C25H25ClN6O/c1-16-10-11-18(24-30-29-23-9-4-3-5-12-31(23)24)13-22(16)28-25(33)21-15-27-32(17(21)2)20-8-6-7-19(26)14-20/h6-8,10-11,13-15H,3-5,9,12H2,1-2H3,(H,28,33). The van der Waals surface area contributed by atoms with Crippen molar-refractivity contribution in [3.8, 4) is 17.1 Å². The van der Waals surface area contributed by atoms with Crippen molar-refractivity contribution in [1.29, 1.82) is 0 Å². The van der Waals surface area contributed by atoms with Gasteiger partial charge < -0.3 is 9.88 Å². The van der Waals surface area contributed by atoms with Gasteiger partial charge in [0, 0.05) is 29.2 Å². The minimum absolute atomic E-state index is 0.207. The highest BCUT2D eigenvalue weighted by molar-refractivity contribution is 6.30. The SMILES string of the molecule is Cc1ccc(-c2nnc3n2CCCCC3)cc1NC(=O)c1cnn(-c2cccc(Cl)c2)c1C. The fourth-order valence-corrected chi connectivity index (χ4v) is 4.47. The van der Waals surface area contributed by atoms with Crippen LogP contribution in [0.2, 0.25) is 5.02 Å². The quantitative estimate of drug-likeness (QED) is 0.443. The van der Waals surface area contributed by atoms with Gasteiger partial charge in [0.05, 0.1) is 23.1 Å². The maximum atomic E-state index is 13.2. The second kappa shape index (κ2) is 8.83. The number of rotatable bonds is 4. The minimum Gasteiger partial charge on any atom is -0.322 e. The Morgan fingerprint density at radius 3 is 2.79 bits per heavy atom. The van der Waals surface area contributed by atoms with Crippen molar-refractivity contribution >= 4 is 23.2 Å². The van der Waals surface area contributed by atoms with Gasteiger partial charge in [0.25, 0.3) is 5.91 Å². The molecular formula is C25H25ClN6O. The normalized spacial score (nSPS) is 13.4. The monoisotopic (exact) mass is 460 g/mol. The van der Waals surface area contributed by atoms with Gasteiger partial charge in [-0.05, 0) is 56.5 Å². The second-order valence-electron chi connectivity index (χ2n) is 8.42. The summed E-state index contributed by atoms with van der Waals surface area (Å²) < 4.78 is 3.93. The molecule has 1 aliphatic rings. The molecule has 8 heteroatoms. The van der Waals surface area contributed by atoms with Gasteiger partial charge in [0.1, 0.15) is 5.82 Å². The molecule has 2 aromatic carbocycles.